The van der Waals surface area contributed by atoms with E-state index in [0.29, 0.717) is 0 Å². The van der Waals surface area contributed by atoms with Gasteiger partial charge in [-0.05, 0) is 66.2 Å². The molecular weight excluding hydrogens is 228 g/mol. The maximum atomic E-state index is 5.46. The number of rotatable bonds is 10. The minimum absolute atomic E-state index is 1.08. The fourth-order valence-corrected chi connectivity index (χ4v) is 2.03. The first-order valence-corrected chi connectivity index (χ1v) is 7.78. The first kappa shape index (κ1) is 18.2. The molecule has 0 amide bonds. The van der Waals surface area contributed by atoms with Crippen molar-refractivity contribution in [3.63, 3.8) is 0 Å². The molecule has 0 N–H and O–H groups in total. The van der Waals surface area contributed by atoms with E-state index in [1.54, 1.807) is 11.6 Å². The zero-order valence-corrected chi connectivity index (χ0v) is 13.5. The minimum atomic E-state index is 1.08. The highest BCUT2D eigenvalue weighted by molar-refractivity contribution is 5.06. The molecule has 0 unspecified atom stereocenters. The summed E-state index contributed by atoms with van der Waals surface area (Å²) in [6.45, 7) is 14.3. The second kappa shape index (κ2) is 12.3. The topological polar surface area (TPSA) is 0 Å². The summed E-state index contributed by atoms with van der Waals surface area (Å²) in [7, 11) is 0. The zero-order chi connectivity index (χ0) is 14.5. The van der Waals surface area contributed by atoms with Gasteiger partial charge in [-0.15, -0.1) is 0 Å². The van der Waals surface area contributed by atoms with E-state index in [1.807, 2.05) is 0 Å². The van der Waals surface area contributed by atoms with Gasteiger partial charge in [0.1, 0.15) is 0 Å². The van der Waals surface area contributed by atoms with E-state index < -0.39 is 0 Å². The number of hydrogen-bond donors (Lipinski definition) is 0. The molecule has 0 nitrogen and oxygen atoms in total. The van der Waals surface area contributed by atoms with Crippen LogP contribution in [0.5, 0.6) is 0 Å². The number of hydrogen-bond acceptors (Lipinski definition) is 0. The molecule has 2 radical (unpaired) electrons. The third-order valence-electron chi connectivity index (χ3n) is 3.52. The highest BCUT2D eigenvalue weighted by Crippen LogP contribution is 2.13. The van der Waals surface area contributed by atoms with Crippen molar-refractivity contribution in [3.8, 4) is 0 Å². The van der Waals surface area contributed by atoms with Crippen molar-refractivity contribution < 1.29 is 0 Å². The van der Waals surface area contributed by atoms with Crippen LogP contribution in [0.15, 0.2) is 34.9 Å². The first-order valence-electron chi connectivity index (χ1n) is 7.78. The lowest BCUT2D eigenvalue weighted by atomic mass is 10.0. The zero-order valence-electron chi connectivity index (χ0n) is 13.5. The maximum absolute atomic E-state index is 5.46. The van der Waals surface area contributed by atoms with Crippen LogP contribution < -0.4 is 0 Å². The fourth-order valence-electron chi connectivity index (χ4n) is 2.03. The molecule has 19 heavy (non-hydrogen) atoms. The van der Waals surface area contributed by atoms with Gasteiger partial charge in [0.2, 0.25) is 0 Å². The third kappa shape index (κ3) is 12.0. The van der Waals surface area contributed by atoms with E-state index in [2.05, 4.69) is 39.8 Å². The molecule has 0 aromatic rings. The molecule has 0 aliphatic heterocycles. The average molecular weight is 260 g/mol. The molecule has 0 aliphatic carbocycles. The van der Waals surface area contributed by atoms with Gasteiger partial charge >= 0.3 is 0 Å². The molecule has 0 aromatic heterocycles. The van der Waals surface area contributed by atoms with Gasteiger partial charge in [0.15, 0.2) is 0 Å². The largest absolute Gasteiger partial charge is 0.0853 e. The van der Waals surface area contributed by atoms with Crippen LogP contribution in [-0.4, -0.2) is 0 Å². The van der Waals surface area contributed by atoms with E-state index in [4.69, 9.17) is 6.92 Å². The lowest BCUT2D eigenvalue weighted by molar-refractivity contribution is 0.710. The summed E-state index contributed by atoms with van der Waals surface area (Å²) >= 11 is 0. The smallest absolute Gasteiger partial charge is 0.00930 e. The Kier molecular flexibility index (Phi) is 11.8. The average Bonchev–Trinajstić information content (AvgIpc) is 2.38. The normalized spacial score (nSPS) is 14.1. The SMILES string of the molecule is [CH]C=C(C)CCC=C(C)CCC=C(C)CCCCC. The lowest BCUT2D eigenvalue weighted by Gasteiger charge is -2.02. The van der Waals surface area contributed by atoms with Crippen molar-refractivity contribution in [2.24, 2.45) is 0 Å². The van der Waals surface area contributed by atoms with Crippen LogP contribution in [0.4, 0.5) is 0 Å². The predicted octanol–water partition coefficient (Wildman–Crippen LogP) is 6.68. The number of unbranched alkanes of at least 4 members (excludes halogenated alkanes) is 2. The summed E-state index contributed by atoms with van der Waals surface area (Å²) in [4.78, 5) is 0. The Morgan fingerprint density at radius 2 is 1.32 bits per heavy atom. The number of allylic oxidation sites excluding steroid dienone is 6. The molecule has 0 heterocycles. The Labute approximate surface area is 121 Å². The summed E-state index contributed by atoms with van der Waals surface area (Å²) in [5, 5.41) is 0. The molecule has 0 aliphatic rings. The van der Waals surface area contributed by atoms with Crippen molar-refractivity contribution in [2.45, 2.75) is 79.1 Å². The highest BCUT2D eigenvalue weighted by atomic mass is 14.0. The summed E-state index contributed by atoms with van der Waals surface area (Å²) in [6, 6.07) is 0. The Hall–Kier alpha value is -0.780. The van der Waals surface area contributed by atoms with Crippen molar-refractivity contribution >= 4 is 0 Å². The second-order valence-corrected chi connectivity index (χ2v) is 5.65. The van der Waals surface area contributed by atoms with Gasteiger partial charge in [-0.3, -0.25) is 0 Å². The van der Waals surface area contributed by atoms with Crippen molar-refractivity contribution in [2.75, 3.05) is 0 Å². The monoisotopic (exact) mass is 260 g/mol. The van der Waals surface area contributed by atoms with Gasteiger partial charge in [0, 0.05) is 0 Å². The van der Waals surface area contributed by atoms with Gasteiger partial charge < -0.3 is 0 Å². The summed E-state index contributed by atoms with van der Waals surface area (Å²) in [5.41, 5.74) is 4.33. The van der Waals surface area contributed by atoms with Crippen molar-refractivity contribution in [1.82, 2.24) is 0 Å². The Morgan fingerprint density at radius 1 is 0.789 bits per heavy atom. The van der Waals surface area contributed by atoms with E-state index in [-0.39, 0.29) is 0 Å². The quantitative estimate of drug-likeness (QED) is 0.304. The van der Waals surface area contributed by atoms with Crippen LogP contribution in [-0.2, 0) is 0 Å². The Morgan fingerprint density at radius 3 is 1.84 bits per heavy atom. The van der Waals surface area contributed by atoms with Gasteiger partial charge in [0.25, 0.3) is 0 Å². The molecule has 0 fully saturated rings. The van der Waals surface area contributed by atoms with Crippen LogP contribution in [0.3, 0.4) is 0 Å². The van der Waals surface area contributed by atoms with Crippen molar-refractivity contribution in [1.29, 1.82) is 0 Å². The van der Waals surface area contributed by atoms with Gasteiger partial charge in [-0.1, -0.05) is 54.7 Å². The third-order valence-corrected chi connectivity index (χ3v) is 3.52. The van der Waals surface area contributed by atoms with Gasteiger partial charge in [-0.2, -0.15) is 0 Å². The lowest BCUT2D eigenvalue weighted by Crippen LogP contribution is -1.82. The van der Waals surface area contributed by atoms with Crippen LogP contribution in [0, 0.1) is 6.92 Å². The van der Waals surface area contributed by atoms with Gasteiger partial charge in [-0.25, -0.2) is 0 Å². The molecule has 0 bridgehead atoms. The summed E-state index contributed by atoms with van der Waals surface area (Å²) in [5.74, 6) is 0. The summed E-state index contributed by atoms with van der Waals surface area (Å²) in [6.07, 6.45) is 16.4. The molecular formula is C19H32. The van der Waals surface area contributed by atoms with Crippen LogP contribution in [0.2, 0.25) is 0 Å². The van der Waals surface area contributed by atoms with Crippen LogP contribution in [0.25, 0.3) is 0 Å². The van der Waals surface area contributed by atoms with E-state index in [1.165, 1.54) is 49.7 Å². The Balaban J connectivity index is 3.79. The van der Waals surface area contributed by atoms with E-state index in [0.717, 1.165) is 12.8 Å². The van der Waals surface area contributed by atoms with E-state index in [9.17, 15) is 0 Å². The maximum Gasteiger partial charge on any atom is -0.00930 e. The molecule has 0 spiro atoms. The molecule has 0 atom stereocenters. The molecule has 108 valence electrons. The standard InChI is InChI=1S/C19H32/c1-6-8-9-12-18(4)15-11-16-19(5)14-10-13-17(3)7-2/h2,7,14-15H,6,8-13,16H2,1,3-5H3. The molecule has 0 rings (SSSR count). The minimum Gasteiger partial charge on any atom is -0.0853 e. The van der Waals surface area contributed by atoms with Crippen molar-refractivity contribution in [3.05, 3.63) is 41.9 Å². The summed E-state index contributed by atoms with van der Waals surface area (Å²) < 4.78 is 0. The van der Waals surface area contributed by atoms with E-state index >= 15 is 0 Å². The van der Waals surface area contributed by atoms with Crippen LogP contribution >= 0.6 is 0 Å². The van der Waals surface area contributed by atoms with Gasteiger partial charge in [0.05, 0.1) is 0 Å². The Bertz CT molecular complexity index is 302. The predicted molar refractivity (Wildman–Crippen MR) is 88.2 cm³/mol. The molecule has 0 aromatic carbocycles. The highest BCUT2D eigenvalue weighted by Gasteiger charge is 1.93. The second-order valence-electron chi connectivity index (χ2n) is 5.65. The molecule has 0 saturated carbocycles. The first-order chi connectivity index (χ1) is 9.10. The molecule has 0 heteroatoms. The molecule has 0 saturated heterocycles. The fraction of sp³-hybridized carbons (Fsp3) is 0.632. The van der Waals surface area contributed by atoms with Crippen LogP contribution in [0.1, 0.15) is 79.1 Å².